The van der Waals surface area contributed by atoms with Gasteiger partial charge in [-0.3, -0.25) is 9.69 Å². The van der Waals surface area contributed by atoms with Crippen LogP contribution in [0.3, 0.4) is 0 Å². The van der Waals surface area contributed by atoms with Gasteiger partial charge in [-0.05, 0) is 30.1 Å². The number of hydrogen-bond acceptors (Lipinski definition) is 5. The van der Waals surface area contributed by atoms with Gasteiger partial charge in [-0.2, -0.15) is 4.68 Å². The van der Waals surface area contributed by atoms with Crippen molar-refractivity contribution in [1.29, 1.82) is 0 Å². The van der Waals surface area contributed by atoms with Crippen molar-refractivity contribution in [1.82, 2.24) is 14.7 Å². The number of halogens is 1. The monoisotopic (exact) mass is 344 g/mol. The molecule has 2 aliphatic rings. The molecule has 0 aromatic carbocycles. The summed E-state index contributed by atoms with van der Waals surface area (Å²) in [4.78, 5) is 23.7. The smallest absolute Gasteiger partial charge is 0.389 e. The maximum atomic E-state index is 11.5. The Kier molecular flexibility index (Phi) is 5.59. The molecule has 23 heavy (non-hydrogen) atoms. The van der Waals surface area contributed by atoms with E-state index in [0.29, 0.717) is 25.0 Å². The highest BCUT2D eigenvalue weighted by molar-refractivity contribution is 5.85. The molecule has 1 N–H and O–H groups in total. The van der Waals surface area contributed by atoms with Crippen LogP contribution in [0.4, 0.5) is 5.82 Å². The minimum atomic E-state index is -0.763. The highest BCUT2D eigenvalue weighted by atomic mass is 35.5. The number of rotatable bonds is 5. The second-order valence-electron chi connectivity index (χ2n) is 6.13. The van der Waals surface area contributed by atoms with Crippen LogP contribution in [0, 0.1) is 16.0 Å². The van der Waals surface area contributed by atoms with Crippen molar-refractivity contribution < 1.29 is 14.8 Å². The van der Waals surface area contributed by atoms with Gasteiger partial charge in [-0.1, -0.05) is 12.8 Å². The van der Waals surface area contributed by atoms with E-state index < -0.39 is 16.9 Å². The molecule has 0 amide bonds. The Morgan fingerprint density at radius 2 is 2.13 bits per heavy atom. The topological polar surface area (TPSA) is 102 Å². The van der Waals surface area contributed by atoms with E-state index in [1.807, 2.05) is 0 Å². The number of nitro groups is 1. The molecule has 2 heterocycles. The van der Waals surface area contributed by atoms with Gasteiger partial charge < -0.3 is 15.2 Å². The molecule has 128 valence electrons. The molecule has 2 fully saturated rings. The lowest BCUT2D eigenvalue weighted by Crippen LogP contribution is -2.43. The fourth-order valence-electron chi connectivity index (χ4n) is 3.91. The Labute approximate surface area is 140 Å². The molecule has 3 atom stereocenters. The van der Waals surface area contributed by atoms with Crippen molar-refractivity contribution in [2.75, 3.05) is 6.54 Å². The summed E-state index contributed by atoms with van der Waals surface area (Å²) in [6, 6.07) is 1.27. The van der Waals surface area contributed by atoms with E-state index in [0.717, 1.165) is 25.7 Å². The molecule has 9 heteroatoms. The van der Waals surface area contributed by atoms with E-state index in [9.17, 15) is 20.0 Å². The normalized spacial score (nSPS) is 27.2. The van der Waals surface area contributed by atoms with Crippen molar-refractivity contribution in [2.24, 2.45) is 5.92 Å². The summed E-state index contributed by atoms with van der Waals surface area (Å²) in [5, 5.41) is 24.0. The van der Waals surface area contributed by atoms with Gasteiger partial charge in [0.05, 0.1) is 23.9 Å². The van der Waals surface area contributed by atoms with Crippen LogP contribution in [-0.2, 0) is 11.3 Å². The molecule has 1 aliphatic carbocycles. The molecule has 1 aliphatic heterocycles. The lowest BCUT2D eigenvalue weighted by atomic mass is 9.85. The van der Waals surface area contributed by atoms with E-state index >= 15 is 0 Å². The average molecular weight is 345 g/mol. The first kappa shape index (κ1) is 17.7. The summed E-state index contributed by atoms with van der Waals surface area (Å²) in [6.45, 7) is 1.04. The molecule has 1 saturated carbocycles. The fraction of sp³-hybridized carbons (Fsp3) is 0.714. The summed E-state index contributed by atoms with van der Waals surface area (Å²) in [5.41, 5.74) is 0. The average Bonchev–Trinajstić information content (AvgIpc) is 3.09. The van der Waals surface area contributed by atoms with Gasteiger partial charge in [-0.25, -0.2) is 0 Å². The Hall–Kier alpha value is -1.67. The number of nitrogens with zero attached hydrogens (tertiary/aromatic N) is 4. The number of aliphatic carboxylic acids is 1. The van der Waals surface area contributed by atoms with Gasteiger partial charge in [0.15, 0.2) is 0 Å². The second-order valence-corrected chi connectivity index (χ2v) is 6.13. The van der Waals surface area contributed by atoms with Gasteiger partial charge in [0, 0.05) is 12.6 Å². The standard InChI is InChI=1S/C14H20N4O4.ClH/c19-14(20)12-9-10-3-1-2-4-11(10)17(12)8-7-16-6-5-13(15-16)18(21)22;/h5-6,10-12H,1-4,7-9H2,(H,19,20);1H. The molecule has 1 aromatic heterocycles. The predicted octanol–water partition coefficient (Wildman–Crippen LogP) is 1.93. The van der Waals surface area contributed by atoms with Crippen LogP contribution >= 0.6 is 12.4 Å². The van der Waals surface area contributed by atoms with Crippen LogP contribution in [0.15, 0.2) is 12.3 Å². The number of fused-ring (bicyclic) bond motifs is 1. The maximum Gasteiger partial charge on any atom is 0.389 e. The largest absolute Gasteiger partial charge is 0.480 e. The Morgan fingerprint density at radius 1 is 1.39 bits per heavy atom. The third-order valence-corrected chi connectivity index (χ3v) is 4.91. The van der Waals surface area contributed by atoms with E-state index in [1.54, 1.807) is 6.20 Å². The number of hydrogen-bond donors (Lipinski definition) is 1. The number of carbonyl (C=O) groups is 1. The molecule has 3 rings (SSSR count). The first-order chi connectivity index (χ1) is 10.6. The maximum absolute atomic E-state index is 11.5. The highest BCUT2D eigenvalue weighted by Gasteiger charge is 2.44. The van der Waals surface area contributed by atoms with Crippen LogP contribution in [0.1, 0.15) is 32.1 Å². The molecule has 0 bridgehead atoms. The van der Waals surface area contributed by atoms with Gasteiger partial charge in [0.25, 0.3) is 0 Å². The van der Waals surface area contributed by atoms with Crippen LogP contribution in [0.5, 0.6) is 0 Å². The van der Waals surface area contributed by atoms with Crippen LogP contribution in [0.2, 0.25) is 0 Å². The lowest BCUT2D eigenvalue weighted by molar-refractivity contribution is -0.389. The number of carboxylic acid groups (broad SMARTS) is 1. The quantitative estimate of drug-likeness (QED) is 0.647. The summed E-state index contributed by atoms with van der Waals surface area (Å²) >= 11 is 0. The minimum absolute atomic E-state index is 0. The fourth-order valence-corrected chi connectivity index (χ4v) is 3.91. The molecular weight excluding hydrogens is 324 g/mol. The van der Waals surface area contributed by atoms with E-state index in [2.05, 4.69) is 10.00 Å². The zero-order valence-electron chi connectivity index (χ0n) is 12.7. The van der Waals surface area contributed by atoms with Crippen molar-refractivity contribution >= 4 is 24.2 Å². The van der Waals surface area contributed by atoms with E-state index in [-0.39, 0.29) is 18.2 Å². The third-order valence-electron chi connectivity index (χ3n) is 4.91. The van der Waals surface area contributed by atoms with Gasteiger partial charge in [0.2, 0.25) is 0 Å². The number of aromatic nitrogens is 2. The summed E-state index contributed by atoms with van der Waals surface area (Å²) in [6.07, 6.45) is 6.79. The number of carboxylic acids is 1. The summed E-state index contributed by atoms with van der Waals surface area (Å²) in [7, 11) is 0. The minimum Gasteiger partial charge on any atom is -0.480 e. The molecule has 0 radical (unpaired) electrons. The van der Waals surface area contributed by atoms with Crippen LogP contribution in [-0.4, -0.2) is 49.3 Å². The van der Waals surface area contributed by atoms with Crippen molar-refractivity contribution in [3.05, 3.63) is 22.4 Å². The molecule has 3 unspecified atom stereocenters. The summed E-state index contributed by atoms with van der Waals surface area (Å²) < 4.78 is 1.52. The van der Waals surface area contributed by atoms with Crippen LogP contribution in [0.25, 0.3) is 0 Å². The van der Waals surface area contributed by atoms with Crippen LogP contribution < -0.4 is 0 Å². The highest BCUT2D eigenvalue weighted by Crippen LogP contribution is 2.39. The van der Waals surface area contributed by atoms with Crippen molar-refractivity contribution in [2.45, 2.75) is 50.7 Å². The first-order valence-electron chi connectivity index (χ1n) is 7.72. The predicted molar refractivity (Wildman–Crippen MR) is 84.6 cm³/mol. The van der Waals surface area contributed by atoms with Crippen molar-refractivity contribution in [3.63, 3.8) is 0 Å². The summed E-state index contributed by atoms with van der Waals surface area (Å²) in [5.74, 6) is -0.464. The molecule has 1 saturated heterocycles. The first-order valence-corrected chi connectivity index (χ1v) is 7.72. The number of likely N-dealkylation sites (tertiary alicyclic amines) is 1. The van der Waals surface area contributed by atoms with Crippen molar-refractivity contribution in [3.8, 4) is 0 Å². The third kappa shape index (κ3) is 3.64. The SMILES string of the molecule is Cl.O=C(O)C1CC2CCCCC2N1CCn1ccc([N+](=O)[O-])n1. The zero-order valence-corrected chi connectivity index (χ0v) is 13.5. The second kappa shape index (κ2) is 7.27. The lowest BCUT2D eigenvalue weighted by Gasteiger charge is -2.32. The Bertz CT molecular complexity index is 579. The van der Waals surface area contributed by atoms with E-state index in [1.165, 1.54) is 17.2 Å². The van der Waals surface area contributed by atoms with Gasteiger partial charge >= 0.3 is 11.8 Å². The Balaban J connectivity index is 0.00000192. The Morgan fingerprint density at radius 3 is 2.78 bits per heavy atom. The molecule has 0 spiro atoms. The van der Waals surface area contributed by atoms with Gasteiger partial charge in [0.1, 0.15) is 6.04 Å². The molecular formula is C14H21ClN4O4. The zero-order chi connectivity index (χ0) is 15.7. The van der Waals surface area contributed by atoms with Gasteiger partial charge in [-0.15, -0.1) is 12.4 Å². The van der Waals surface area contributed by atoms with E-state index in [4.69, 9.17) is 0 Å². The molecule has 1 aromatic rings. The molecule has 8 nitrogen and oxygen atoms in total.